The smallest absolute Gasteiger partial charge is 0.416 e. The van der Waals surface area contributed by atoms with Crippen LogP contribution in [0.15, 0.2) is 72.8 Å². The molecule has 3 rings (SSSR count). The van der Waals surface area contributed by atoms with Gasteiger partial charge in [-0.05, 0) is 67.3 Å². The zero-order valence-corrected chi connectivity index (χ0v) is 19.6. The number of nitrogens with one attached hydrogen (secondary N) is 2. The molecule has 3 aromatic carbocycles. The summed E-state index contributed by atoms with van der Waals surface area (Å²) in [5.74, 6) is -0.0983. The second kappa shape index (κ2) is 11.1. The first kappa shape index (κ1) is 25.8. The minimum atomic E-state index is -4.52. The van der Waals surface area contributed by atoms with Crippen molar-refractivity contribution in [2.24, 2.45) is 0 Å². The third kappa shape index (κ3) is 6.85. The van der Waals surface area contributed by atoms with Gasteiger partial charge in [-0.25, -0.2) is 0 Å². The number of alkyl halides is 3. The van der Waals surface area contributed by atoms with E-state index in [2.05, 4.69) is 24.5 Å². The molecule has 0 fully saturated rings. The number of anilines is 2. The number of hydrogen-bond donors (Lipinski definition) is 2. The highest BCUT2D eigenvalue weighted by atomic mass is 19.4. The van der Waals surface area contributed by atoms with Gasteiger partial charge in [0.15, 0.2) is 6.10 Å². The van der Waals surface area contributed by atoms with Crippen LogP contribution in [0.3, 0.4) is 0 Å². The standard InChI is InChI=1S/C27H27F3N2O3/c1-4-17(2)23-13-5-6-14-24(23)35-18(3)25(33)31-21-11-7-9-19(15-21)26(34)32-22-12-8-10-20(16-22)27(28,29)30/h5-18H,4H2,1-3H3,(H,31,33)(H,32,34). The molecule has 5 nitrogen and oxygen atoms in total. The Kier molecular flexibility index (Phi) is 8.17. The highest BCUT2D eigenvalue weighted by Gasteiger charge is 2.30. The van der Waals surface area contributed by atoms with Gasteiger partial charge in [-0.1, -0.05) is 44.2 Å². The predicted molar refractivity (Wildman–Crippen MR) is 130 cm³/mol. The van der Waals surface area contributed by atoms with Crippen LogP contribution in [0.4, 0.5) is 24.5 Å². The lowest BCUT2D eigenvalue weighted by atomic mass is 9.98. The van der Waals surface area contributed by atoms with Crippen molar-refractivity contribution < 1.29 is 27.5 Å². The summed E-state index contributed by atoms with van der Waals surface area (Å²) in [6, 6.07) is 18.1. The lowest BCUT2D eigenvalue weighted by Gasteiger charge is -2.19. The van der Waals surface area contributed by atoms with Gasteiger partial charge in [0, 0.05) is 16.9 Å². The summed E-state index contributed by atoms with van der Waals surface area (Å²) in [7, 11) is 0. The number of amides is 2. The molecule has 0 saturated carbocycles. The number of para-hydroxylation sites is 1. The zero-order valence-electron chi connectivity index (χ0n) is 19.6. The topological polar surface area (TPSA) is 67.4 Å². The van der Waals surface area contributed by atoms with E-state index < -0.39 is 29.7 Å². The van der Waals surface area contributed by atoms with Gasteiger partial charge in [0.1, 0.15) is 5.75 Å². The average Bonchev–Trinajstić information content (AvgIpc) is 2.83. The molecule has 0 aliphatic rings. The normalized spacial score (nSPS) is 13.0. The molecule has 8 heteroatoms. The molecule has 0 aromatic heterocycles. The fourth-order valence-electron chi connectivity index (χ4n) is 3.42. The van der Waals surface area contributed by atoms with Crippen molar-refractivity contribution in [1.82, 2.24) is 0 Å². The molecule has 35 heavy (non-hydrogen) atoms. The lowest BCUT2D eigenvalue weighted by molar-refractivity contribution is -0.137. The van der Waals surface area contributed by atoms with Crippen LogP contribution in [0.2, 0.25) is 0 Å². The first-order valence-electron chi connectivity index (χ1n) is 11.2. The summed E-state index contributed by atoms with van der Waals surface area (Å²) in [6.07, 6.45) is -4.39. The monoisotopic (exact) mass is 484 g/mol. The zero-order chi connectivity index (χ0) is 25.6. The Morgan fingerprint density at radius 2 is 1.54 bits per heavy atom. The van der Waals surface area contributed by atoms with Gasteiger partial charge in [0.05, 0.1) is 5.56 Å². The maximum Gasteiger partial charge on any atom is 0.416 e. The van der Waals surface area contributed by atoms with E-state index in [4.69, 9.17) is 4.74 Å². The predicted octanol–water partition coefficient (Wildman–Crippen LogP) is 6.88. The maximum absolute atomic E-state index is 12.9. The summed E-state index contributed by atoms with van der Waals surface area (Å²) in [5.41, 5.74) is 0.706. The Hall–Kier alpha value is -3.81. The Morgan fingerprint density at radius 3 is 2.23 bits per heavy atom. The van der Waals surface area contributed by atoms with Crippen LogP contribution in [-0.2, 0) is 11.0 Å². The van der Waals surface area contributed by atoms with Crippen molar-refractivity contribution in [3.05, 3.63) is 89.5 Å². The van der Waals surface area contributed by atoms with Gasteiger partial charge in [-0.2, -0.15) is 13.2 Å². The second-order valence-electron chi connectivity index (χ2n) is 8.21. The second-order valence-corrected chi connectivity index (χ2v) is 8.21. The quantitative estimate of drug-likeness (QED) is 0.366. The van der Waals surface area contributed by atoms with E-state index in [1.165, 1.54) is 24.3 Å². The van der Waals surface area contributed by atoms with E-state index in [-0.39, 0.29) is 17.2 Å². The van der Waals surface area contributed by atoms with Crippen LogP contribution in [0.25, 0.3) is 0 Å². The van der Waals surface area contributed by atoms with Gasteiger partial charge < -0.3 is 15.4 Å². The first-order valence-corrected chi connectivity index (χ1v) is 11.2. The molecule has 0 saturated heterocycles. The molecular formula is C27H27F3N2O3. The Morgan fingerprint density at radius 1 is 0.886 bits per heavy atom. The van der Waals surface area contributed by atoms with Crippen LogP contribution in [0.5, 0.6) is 5.75 Å². The van der Waals surface area contributed by atoms with E-state index >= 15 is 0 Å². The summed E-state index contributed by atoms with van der Waals surface area (Å²) >= 11 is 0. The van der Waals surface area contributed by atoms with Gasteiger partial charge in [0.25, 0.3) is 11.8 Å². The Bertz CT molecular complexity index is 1190. The number of carbonyl (C=O) groups is 2. The molecule has 184 valence electrons. The molecule has 0 radical (unpaired) electrons. The van der Waals surface area contributed by atoms with Crippen molar-refractivity contribution in [1.29, 1.82) is 0 Å². The van der Waals surface area contributed by atoms with Gasteiger partial charge in [-0.3, -0.25) is 9.59 Å². The highest BCUT2D eigenvalue weighted by Crippen LogP contribution is 2.31. The van der Waals surface area contributed by atoms with E-state index in [1.807, 2.05) is 24.3 Å². The van der Waals surface area contributed by atoms with Crippen LogP contribution < -0.4 is 15.4 Å². The fourth-order valence-corrected chi connectivity index (χ4v) is 3.42. The van der Waals surface area contributed by atoms with Gasteiger partial charge in [-0.15, -0.1) is 0 Å². The summed E-state index contributed by atoms with van der Waals surface area (Å²) in [4.78, 5) is 25.3. The van der Waals surface area contributed by atoms with Crippen molar-refractivity contribution >= 4 is 23.2 Å². The van der Waals surface area contributed by atoms with Crippen molar-refractivity contribution in [3.8, 4) is 5.75 Å². The van der Waals surface area contributed by atoms with Crippen molar-refractivity contribution in [2.45, 2.75) is 45.4 Å². The minimum absolute atomic E-state index is 0.0151. The molecular weight excluding hydrogens is 457 g/mol. The Labute approximate surface area is 202 Å². The molecule has 0 heterocycles. The van der Waals surface area contributed by atoms with Crippen LogP contribution in [-0.4, -0.2) is 17.9 Å². The summed E-state index contributed by atoms with van der Waals surface area (Å²) < 4.78 is 44.7. The largest absolute Gasteiger partial charge is 0.481 e. The third-order valence-electron chi connectivity index (χ3n) is 5.58. The van der Waals surface area contributed by atoms with Gasteiger partial charge in [0.2, 0.25) is 0 Å². The molecule has 0 aliphatic carbocycles. The molecule has 0 aliphatic heterocycles. The van der Waals surface area contributed by atoms with Crippen LogP contribution in [0, 0.1) is 0 Å². The van der Waals surface area contributed by atoms with Crippen LogP contribution in [0.1, 0.15) is 54.6 Å². The van der Waals surface area contributed by atoms with Gasteiger partial charge >= 0.3 is 6.18 Å². The van der Waals surface area contributed by atoms with Crippen molar-refractivity contribution in [3.63, 3.8) is 0 Å². The maximum atomic E-state index is 12.9. The fraction of sp³-hybridized carbons (Fsp3) is 0.259. The van der Waals surface area contributed by atoms with E-state index in [0.29, 0.717) is 11.4 Å². The molecule has 3 aromatic rings. The number of rotatable bonds is 8. The third-order valence-corrected chi connectivity index (χ3v) is 5.58. The highest BCUT2D eigenvalue weighted by molar-refractivity contribution is 6.05. The molecule has 2 atom stereocenters. The van der Waals surface area contributed by atoms with Crippen LogP contribution >= 0.6 is 0 Å². The number of ether oxygens (including phenoxy) is 1. The summed E-state index contributed by atoms with van der Waals surface area (Å²) in [5, 5.41) is 5.17. The van der Waals surface area contributed by atoms with E-state index in [1.54, 1.807) is 19.1 Å². The Balaban J connectivity index is 1.67. The van der Waals surface area contributed by atoms with E-state index in [9.17, 15) is 22.8 Å². The molecule has 2 amide bonds. The first-order chi connectivity index (χ1) is 16.6. The number of hydrogen-bond acceptors (Lipinski definition) is 3. The average molecular weight is 485 g/mol. The molecule has 0 spiro atoms. The number of benzene rings is 3. The lowest BCUT2D eigenvalue weighted by Crippen LogP contribution is -2.30. The molecule has 2 N–H and O–H groups in total. The number of carbonyl (C=O) groups excluding carboxylic acids is 2. The minimum Gasteiger partial charge on any atom is -0.481 e. The molecule has 0 bridgehead atoms. The van der Waals surface area contributed by atoms with E-state index in [0.717, 1.165) is 24.1 Å². The SMILES string of the molecule is CCC(C)c1ccccc1OC(C)C(=O)Nc1cccc(C(=O)Nc2cccc(C(F)(F)F)c2)c1. The molecule has 2 unspecified atom stereocenters. The van der Waals surface area contributed by atoms with Crippen molar-refractivity contribution in [2.75, 3.05) is 10.6 Å². The summed E-state index contributed by atoms with van der Waals surface area (Å²) in [6.45, 7) is 5.80. The number of halogens is 3.